The molecule has 0 amide bonds. The van der Waals surface area contributed by atoms with E-state index in [2.05, 4.69) is 15.9 Å². The number of hydrogen-bond donors (Lipinski definition) is 0. The molecule has 0 aliphatic heterocycles. The summed E-state index contributed by atoms with van der Waals surface area (Å²) in [6.45, 7) is 2.48. The Morgan fingerprint density at radius 3 is 2.74 bits per heavy atom. The molecule has 0 aliphatic carbocycles. The molecule has 0 atom stereocenters. The largest absolute Gasteiger partial charge is 0.494 e. The van der Waals surface area contributed by atoms with Gasteiger partial charge >= 0.3 is 0 Å². The van der Waals surface area contributed by atoms with E-state index in [0.717, 1.165) is 0 Å². The van der Waals surface area contributed by atoms with Gasteiger partial charge in [-0.05, 0) is 53.2 Å². The van der Waals surface area contributed by atoms with Gasteiger partial charge in [0.25, 0.3) is 0 Å². The third kappa shape index (κ3) is 3.37. The number of carbonyl (C=O) groups is 1. The number of halogens is 2. The topological polar surface area (TPSA) is 26.3 Å². The summed E-state index contributed by atoms with van der Waals surface area (Å²) in [4.78, 5) is 12.4. The highest BCUT2D eigenvalue weighted by molar-refractivity contribution is 9.10. The van der Waals surface area contributed by atoms with Crippen LogP contribution in [0.2, 0.25) is 5.02 Å². The summed E-state index contributed by atoms with van der Waals surface area (Å²) in [7, 11) is 0. The van der Waals surface area contributed by atoms with Gasteiger partial charge in [0.05, 0.1) is 6.61 Å². The standard InChI is InChI=1S/C15H12BrClO2/c1-2-19-12-5-3-4-10(8-12)15(18)13-7-6-11(17)9-14(13)16/h3-9H,2H2,1H3. The summed E-state index contributed by atoms with van der Waals surface area (Å²) in [5.41, 5.74) is 1.17. The van der Waals surface area contributed by atoms with Gasteiger partial charge in [-0.3, -0.25) is 4.79 Å². The third-order valence-corrected chi connectivity index (χ3v) is 3.47. The molecule has 2 aromatic carbocycles. The van der Waals surface area contributed by atoms with Crippen LogP contribution in [0.1, 0.15) is 22.8 Å². The molecule has 2 aromatic rings. The fourth-order valence-electron chi connectivity index (χ4n) is 1.72. The van der Waals surface area contributed by atoms with Crippen molar-refractivity contribution in [1.29, 1.82) is 0 Å². The predicted octanol–water partition coefficient (Wildman–Crippen LogP) is 4.73. The van der Waals surface area contributed by atoms with Gasteiger partial charge in [-0.2, -0.15) is 0 Å². The molecule has 0 radical (unpaired) electrons. The van der Waals surface area contributed by atoms with Gasteiger partial charge in [0, 0.05) is 20.6 Å². The average Bonchev–Trinajstić information content (AvgIpc) is 2.39. The second-order valence-corrected chi connectivity index (χ2v) is 5.20. The molecule has 0 unspecified atom stereocenters. The highest BCUT2D eigenvalue weighted by atomic mass is 79.9. The van der Waals surface area contributed by atoms with Gasteiger partial charge < -0.3 is 4.74 Å². The fraction of sp³-hybridized carbons (Fsp3) is 0.133. The zero-order valence-corrected chi connectivity index (χ0v) is 12.7. The Kier molecular flexibility index (Phi) is 4.61. The molecule has 2 rings (SSSR count). The zero-order valence-electron chi connectivity index (χ0n) is 10.3. The van der Waals surface area contributed by atoms with Gasteiger partial charge in [0.15, 0.2) is 5.78 Å². The van der Waals surface area contributed by atoms with Crippen molar-refractivity contribution in [3.05, 3.63) is 63.1 Å². The normalized spacial score (nSPS) is 10.3. The van der Waals surface area contributed by atoms with Gasteiger partial charge in [-0.15, -0.1) is 0 Å². The summed E-state index contributed by atoms with van der Waals surface area (Å²) >= 11 is 9.23. The molecule has 0 spiro atoms. The van der Waals surface area contributed by atoms with Crippen LogP contribution in [0.15, 0.2) is 46.9 Å². The lowest BCUT2D eigenvalue weighted by Crippen LogP contribution is -2.03. The van der Waals surface area contributed by atoms with Crippen LogP contribution in [0.4, 0.5) is 0 Å². The lowest BCUT2D eigenvalue weighted by Gasteiger charge is -2.07. The molecular formula is C15H12BrClO2. The number of benzene rings is 2. The molecule has 0 heterocycles. The molecule has 0 saturated heterocycles. The number of carbonyl (C=O) groups excluding carboxylic acids is 1. The van der Waals surface area contributed by atoms with Crippen LogP contribution in [0.5, 0.6) is 5.75 Å². The smallest absolute Gasteiger partial charge is 0.194 e. The Labute approximate surface area is 125 Å². The van der Waals surface area contributed by atoms with Crippen LogP contribution in [-0.2, 0) is 0 Å². The lowest BCUT2D eigenvalue weighted by molar-refractivity contribution is 0.103. The maximum atomic E-state index is 12.4. The SMILES string of the molecule is CCOc1cccc(C(=O)c2ccc(Cl)cc2Br)c1. The Morgan fingerprint density at radius 1 is 1.26 bits per heavy atom. The molecule has 0 saturated carbocycles. The molecule has 0 bridgehead atoms. The molecule has 19 heavy (non-hydrogen) atoms. The summed E-state index contributed by atoms with van der Waals surface area (Å²) in [6.07, 6.45) is 0. The van der Waals surface area contributed by atoms with Crippen molar-refractivity contribution in [3.63, 3.8) is 0 Å². The van der Waals surface area contributed by atoms with Crippen LogP contribution >= 0.6 is 27.5 Å². The summed E-state index contributed by atoms with van der Waals surface area (Å²) in [6, 6.07) is 12.3. The van der Waals surface area contributed by atoms with Crippen molar-refractivity contribution in [2.24, 2.45) is 0 Å². The summed E-state index contributed by atoms with van der Waals surface area (Å²) < 4.78 is 6.08. The molecule has 2 nitrogen and oxygen atoms in total. The van der Waals surface area contributed by atoms with E-state index >= 15 is 0 Å². The Hall–Kier alpha value is -1.32. The maximum Gasteiger partial charge on any atom is 0.194 e. The maximum absolute atomic E-state index is 12.4. The van der Waals surface area contributed by atoms with E-state index in [4.69, 9.17) is 16.3 Å². The van der Waals surface area contributed by atoms with E-state index in [1.54, 1.807) is 30.3 Å². The Bertz CT molecular complexity index is 611. The lowest BCUT2D eigenvalue weighted by atomic mass is 10.0. The van der Waals surface area contributed by atoms with Crippen molar-refractivity contribution >= 4 is 33.3 Å². The summed E-state index contributed by atoms with van der Waals surface area (Å²) in [5, 5.41) is 0.589. The molecule has 0 aromatic heterocycles. The first-order valence-electron chi connectivity index (χ1n) is 5.84. The van der Waals surface area contributed by atoms with E-state index in [1.165, 1.54) is 0 Å². The monoisotopic (exact) mass is 338 g/mol. The van der Waals surface area contributed by atoms with Crippen molar-refractivity contribution in [2.75, 3.05) is 6.61 Å². The first-order chi connectivity index (χ1) is 9.11. The van der Waals surface area contributed by atoms with E-state index < -0.39 is 0 Å². The van der Waals surface area contributed by atoms with Gasteiger partial charge in [-0.1, -0.05) is 23.7 Å². The zero-order chi connectivity index (χ0) is 13.8. The molecule has 0 fully saturated rings. The van der Waals surface area contributed by atoms with E-state index in [-0.39, 0.29) is 5.78 Å². The van der Waals surface area contributed by atoms with E-state index in [9.17, 15) is 4.79 Å². The van der Waals surface area contributed by atoms with Crippen molar-refractivity contribution in [2.45, 2.75) is 6.92 Å². The number of ether oxygens (including phenoxy) is 1. The minimum atomic E-state index is -0.0647. The van der Waals surface area contributed by atoms with Crippen molar-refractivity contribution in [1.82, 2.24) is 0 Å². The number of hydrogen-bond acceptors (Lipinski definition) is 2. The van der Waals surface area contributed by atoms with Crippen LogP contribution < -0.4 is 4.74 Å². The molecule has 0 aliphatic rings. The van der Waals surface area contributed by atoms with Gasteiger partial charge in [0.1, 0.15) is 5.75 Å². The summed E-state index contributed by atoms with van der Waals surface area (Å²) in [5.74, 6) is 0.628. The fourth-order valence-corrected chi connectivity index (χ4v) is 2.59. The minimum absolute atomic E-state index is 0.0647. The quantitative estimate of drug-likeness (QED) is 0.753. The molecule has 0 N–H and O–H groups in total. The van der Waals surface area contributed by atoms with Crippen molar-refractivity contribution in [3.8, 4) is 5.75 Å². The average molecular weight is 340 g/mol. The third-order valence-electron chi connectivity index (χ3n) is 2.58. The highest BCUT2D eigenvalue weighted by Gasteiger charge is 2.13. The minimum Gasteiger partial charge on any atom is -0.494 e. The molecule has 98 valence electrons. The Morgan fingerprint density at radius 2 is 2.05 bits per heavy atom. The first-order valence-corrected chi connectivity index (χ1v) is 7.01. The second-order valence-electron chi connectivity index (χ2n) is 3.91. The van der Waals surface area contributed by atoms with Gasteiger partial charge in [-0.25, -0.2) is 0 Å². The Balaban J connectivity index is 2.35. The van der Waals surface area contributed by atoms with Crippen LogP contribution in [-0.4, -0.2) is 12.4 Å². The first kappa shape index (κ1) is 14.1. The molecule has 4 heteroatoms. The van der Waals surface area contributed by atoms with E-state index in [1.807, 2.05) is 19.1 Å². The predicted molar refractivity (Wildman–Crippen MR) is 80.2 cm³/mol. The number of ketones is 1. The van der Waals surface area contributed by atoms with Crippen LogP contribution in [0.3, 0.4) is 0 Å². The number of rotatable bonds is 4. The van der Waals surface area contributed by atoms with E-state index in [0.29, 0.717) is 33.0 Å². The van der Waals surface area contributed by atoms with Crippen LogP contribution in [0.25, 0.3) is 0 Å². The van der Waals surface area contributed by atoms with Crippen molar-refractivity contribution < 1.29 is 9.53 Å². The molecular weight excluding hydrogens is 328 g/mol. The second kappa shape index (κ2) is 6.22. The van der Waals surface area contributed by atoms with Crippen LogP contribution in [0, 0.1) is 0 Å². The van der Waals surface area contributed by atoms with Gasteiger partial charge in [0.2, 0.25) is 0 Å². The highest BCUT2D eigenvalue weighted by Crippen LogP contribution is 2.25.